The van der Waals surface area contributed by atoms with Crippen LogP contribution in [0, 0.1) is 5.82 Å². The lowest BCUT2D eigenvalue weighted by Gasteiger charge is -2.17. The average molecular weight is 362 g/mol. The molecule has 1 N–H and O–H groups in total. The molecule has 5 heteroatoms. The molecule has 1 aliphatic carbocycles. The number of halogens is 2. The molecule has 3 nitrogen and oxygen atoms in total. The van der Waals surface area contributed by atoms with E-state index in [9.17, 15) is 9.18 Å². The predicted octanol–water partition coefficient (Wildman–Crippen LogP) is 4.27. The Hall–Kier alpha value is -2.07. The standard InChI is InChI=1S/C20H21ClFNO2/c1-25-18-7-6-14(12-17(18)22)8-11-23-19(24)13-20(9-10-20)15-4-2-3-5-16(15)21/h2-7,12H,8-11,13H2,1H3,(H,23,24). The summed E-state index contributed by atoms with van der Waals surface area (Å²) in [7, 11) is 1.44. The fourth-order valence-corrected chi connectivity index (χ4v) is 3.50. The highest BCUT2D eigenvalue weighted by molar-refractivity contribution is 6.31. The van der Waals surface area contributed by atoms with Crippen LogP contribution >= 0.6 is 11.6 Å². The molecule has 0 unspecified atom stereocenters. The Labute approximate surface area is 152 Å². The van der Waals surface area contributed by atoms with Crippen LogP contribution in [0.15, 0.2) is 42.5 Å². The van der Waals surface area contributed by atoms with Crippen molar-refractivity contribution in [1.29, 1.82) is 0 Å². The van der Waals surface area contributed by atoms with E-state index in [0.717, 1.165) is 29.0 Å². The summed E-state index contributed by atoms with van der Waals surface area (Å²) in [6.07, 6.45) is 2.97. The monoisotopic (exact) mass is 361 g/mol. The number of methoxy groups -OCH3 is 1. The molecular formula is C20H21ClFNO2. The Morgan fingerprint density at radius 1 is 1.28 bits per heavy atom. The largest absolute Gasteiger partial charge is 0.494 e. The number of amides is 1. The van der Waals surface area contributed by atoms with Crippen molar-refractivity contribution in [3.8, 4) is 5.75 Å². The van der Waals surface area contributed by atoms with Crippen LogP contribution in [0.25, 0.3) is 0 Å². The van der Waals surface area contributed by atoms with Gasteiger partial charge < -0.3 is 10.1 Å². The number of carbonyl (C=O) groups excluding carboxylic acids is 1. The Kier molecular flexibility index (Phi) is 5.28. The number of hydrogen-bond donors (Lipinski definition) is 1. The number of nitrogens with one attached hydrogen (secondary N) is 1. The fraction of sp³-hybridized carbons (Fsp3) is 0.350. The van der Waals surface area contributed by atoms with Crippen molar-refractivity contribution in [2.45, 2.75) is 31.1 Å². The van der Waals surface area contributed by atoms with Gasteiger partial charge in [0.2, 0.25) is 5.91 Å². The number of hydrogen-bond acceptors (Lipinski definition) is 2. The summed E-state index contributed by atoms with van der Waals surface area (Å²) in [5, 5.41) is 3.65. The first-order chi connectivity index (χ1) is 12.0. The molecule has 0 heterocycles. The molecule has 0 atom stereocenters. The van der Waals surface area contributed by atoms with E-state index < -0.39 is 0 Å². The summed E-state index contributed by atoms with van der Waals surface area (Å²) < 4.78 is 18.6. The highest BCUT2D eigenvalue weighted by atomic mass is 35.5. The first kappa shape index (κ1) is 17.7. The molecule has 25 heavy (non-hydrogen) atoms. The molecular weight excluding hydrogens is 341 g/mol. The zero-order valence-electron chi connectivity index (χ0n) is 14.1. The zero-order valence-corrected chi connectivity index (χ0v) is 14.9. The van der Waals surface area contributed by atoms with Crippen molar-refractivity contribution >= 4 is 17.5 Å². The first-order valence-corrected chi connectivity index (χ1v) is 8.76. The third-order valence-corrected chi connectivity index (χ3v) is 5.08. The Morgan fingerprint density at radius 2 is 2.04 bits per heavy atom. The van der Waals surface area contributed by atoms with E-state index in [4.69, 9.17) is 16.3 Å². The van der Waals surface area contributed by atoms with Crippen molar-refractivity contribution in [3.05, 3.63) is 64.4 Å². The molecule has 2 aromatic carbocycles. The van der Waals surface area contributed by atoms with Crippen molar-refractivity contribution in [1.82, 2.24) is 5.32 Å². The second-order valence-electron chi connectivity index (χ2n) is 6.51. The van der Waals surface area contributed by atoms with Crippen LogP contribution < -0.4 is 10.1 Å². The van der Waals surface area contributed by atoms with Gasteiger partial charge in [-0.2, -0.15) is 0 Å². The molecule has 0 aromatic heterocycles. The maximum absolute atomic E-state index is 13.7. The maximum atomic E-state index is 13.7. The lowest BCUT2D eigenvalue weighted by molar-refractivity contribution is -0.121. The van der Waals surface area contributed by atoms with Gasteiger partial charge >= 0.3 is 0 Å². The van der Waals surface area contributed by atoms with Crippen LogP contribution in [-0.2, 0) is 16.6 Å². The second kappa shape index (κ2) is 7.44. The van der Waals surface area contributed by atoms with E-state index >= 15 is 0 Å². The summed E-state index contributed by atoms with van der Waals surface area (Å²) >= 11 is 6.28. The molecule has 0 saturated heterocycles. The highest BCUT2D eigenvalue weighted by Gasteiger charge is 2.46. The minimum Gasteiger partial charge on any atom is -0.494 e. The molecule has 1 fully saturated rings. The lowest BCUT2D eigenvalue weighted by atomic mass is 9.92. The van der Waals surface area contributed by atoms with E-state index in [-0.39, 0.29) is 22.9 Å². The maximum Gasteiger partial charge on any atom is 0.220 e. The minimum absolute atomic E-state index is 0.00593. The predicted molar refractivity (Wildman–Crippen MR) is 96.6 cm³/mol. The summed E-state index contributed by atoms with van der Waals surface area (Å²) in [4.78, 5) is 12.3. The summed E-state index contributed by atoms with van der Waals surface area (Å²) in [6, 6.07) is 12.6. The van der Waals surface area contributed by atoms with Gasteiger partial charge in [-0.25, -0.2) is 4.39 Å². The number of carbonyl (C=O) groups is 1. The summed E-state index contributed by atoms with van der Waals surface area (Å²) in [6.45, 7) is 0.475. The fourth-order valence-electron chi connectivity index (χ4n) is 3.17. The van der Waals surface area contributed by atoms with E-state index in [2.05, 4.69) is 5.32 Å². The number of rotatable bonds is 7. The molecule has 3 rings (SSSR count). The third kappa shape index (κ3) is 4.13. The van der Waals surface area contributed by atoms with E-state index in [1.54, 1.807) is 12.1 Å². The zero-order chi connectivity index (χ0) is 17.9. The van der Waals surface area contributed by atoms with Crippen LogP contribution in [0.1, 0.15) is 30.4 Å². The highest BCUT2D eigenvalue weighted by Crippen LogP contribution is 2.52. The lowest BCUT2D eigenvalue weighted by Crippen LogP contribution is -2.29. The Balaban J connectivity index is 1.52. The van der Waals surface area contributed by atoms with E-state index in [1.165, 1.54) is 13.2 Å². The van der Waals surface area contributed by atoms with Crippen LogP contribution in [0.5, 0.6) is 5.75 Å². The van der Waals surface area contributed by atoms with Gasteiger partial charge in [0.1, 0.15) is 0 Å². The smallest absolute Gasteiger partial charge is 0.220 e. The molecule has 132 valence electrons. The SMILES string of the molecule is COc1ccc(CCNC(=O)CC2(c3ccccc3Cl)CC2)cc1F. The molecule has 0 spiro atoms. The molecule has 0 bridgehead atoms. The quantitative estimate of drug-likeness (QED) is 0.799. The molecule has 0 radical (unpaired) electrons. The molecule has 1 aliphatic rings. The van der Waals surface area contributed by atoms with Crippen molar-refractivity contribution in [2.24, 2.45) is 0 Å². The number of benzene rings is 2. The van der Waals surface area contributed by atoms with Gasteiger partial charge in [0.15, 0.2) is 11.6 Å². The van der Waals surface area contributed by atoms with Gasteiger partial charge in [0.25, 0.3) is 0 Å². The summed E-state index contributed by atoms with van der Waals surface area (Å²) in [5.74, 6) is -0.156. The first-order valence-electron chi connectivity index (χ1n) is 8.38. The second-order valence-corrected chi connectivity index (χ2v) is 6.91. The topological polar surface area (TPSA) is 38.3 Å². The van der Waals surface area contributed by atoms with Crippen LogP contribution in [0.2, 0.25) is 5.02 Å². The normalized spacial score (nSPS) is 14.8. The molecule has 1 saturated carbocycles. The molecule has 0 aliphatic heterocycles. The van der Waals surface area contributed by atoms with Gasteiger partial charge in [-0.1, -0.05) is 35.9 Å². The van der Waals surface area contributed by atoms with Crippen molar-refractivity contribution in [3.63, 3.8) is 0 Å². The van der Waals surface area contributed by atoms with Crippen LogP contribution in [0.4, 0.5) is 4.39 Å². The van der Waals surface area contributed by atoms with Crippen molar-refractivity contribution < 1.29 is 13.9 Å². The average Bonchev–Trinajstić information content (AvgIpc) is 3.35. The van der Waals surface area contributed by atoms with Crippen molar-refractivity contribution in [2.75, 3.05) is 13.7 Å². The van der Waals surface area contributed by atoms with Gasteiger partial charge in [-0.15, -0.1) is 0 Å². The van der Waals surface area contributed by atoms with Crippen LogP contribution in [0.3, 0.4) is 0 Å². The number of ether oxygens (including phenoxy) is 1. The van der Waals surface area contributed by atoms with E-state index in [0.29, 0.717) is 19.4 Å². The third-order valence-electron chi connectivity index (χ3n) is 4.75. The van der Waals surface area contributed by atoms with Gasteiger partial charge in [0, 0.05) is 23.4 Å². The van der Waals surface area contributed by atoms with Gasteiger partial charge in [-0.05, 0) is 48.6 Å². The minimum atomic E-state index is -0.387. The Morgan fingerprint density at radius 3 is 2.68 bits per heavy atom. The van der Waals surface area contributed by atoms with Gasteiger partial charge in [-0.3, -0.25) is 4.79 Å². The van der Waals surface area contributed by atoms with Gasteiger partial charge in [0.05, 0.1) is 7.11 Å². The molecule has 2 aromatic rings. The molecule has 1 amide bonds. The summed E-state index contributed by atoms with van der Waals surface area (Å²) in [5.41, 5.74) is 1.77. The van der Waals surface area contributed by atoms with E-state index in [1.807, 2.05) is 24.3 Å². The Bertz CT molecular complexity index is 774. The van der Waals surface area contributed by atoms with Crippen LogP contribution in [-0.4, -0.2) is 19.6 Å².